The van der Waals surface area contributed by atoms with Crippen molar-refractivity contribution < 1.29 is 27.4 Å². The molecule has 1 N–H and O–H groups in total. The number of amides is 1. The lowest BCUT2D eigenvalue weighted by atomic mass is 9.75. The number of ether oxygens (including phenoxy) is 1. The lowest BCUT2D eigenvalue weighted by Gasteiger charge is -2.39. The minimum Gasteiger partial charge on any atom is -0.381 e. The Morgan fingerprint density at radius 3 is 2.55 bits per heavy atom. The monoisotopic (exact) mass is 554 g/mol. The van der Waals surface area contributed by atoms with E-state index in [0.29, 0.717) is 16.9 Å². The van der Waals surface area contributed by atoms with Crippen molar-refractivity contribution in [2.24, 2.45) is 7.05 Å². The number of rotatable bonds is 7. The number of halogens is 3. The van der Waals surface area contributed by atoms with Crippen molar-refractivity contribution >= 4 is 11.6 Å². The van der Waals surface area contributed by atoms with Gasteiger partial charge in [-0.25, -0.2) is 4.57 Å². The van der Waals surface area contributed by atoms with Crippen LogP contribution >= 0.6 is 0 Å². The smallest absolute Gasteiger partial charge is 0.381 e. The average Bonchev–Trinajstić information content (AvgIpc) is 3.42. The molecule has 0 saturated heterocycles. The fourth-order valence-electron chi connectivity index (χ4n) is 6.33. The van der Waals surface area contributed by atoms with Crippen LogP contribution < -0.4 is 14.9 Å². The Balaban J connectivity index is 1.45. The zero-order valence-corrected chi connectivity index (χ0v) is 23.3. The van der Waals surface area contributed by atoms with E-state index in [9.17, 15) is 18.0 Å². The van der Waals surface area contributed by atoms with Crippen LogP contribution in [0.4, 0.5) is 18.9 Å². The van der Waals surface area contributed by atoms with Crippen LogP contribution in [0.5, 0.6) is 0 Å². The first kappa shape index (κ1) is 27.0. The largest absolute Gasteiger partial charge is 0.416 e. The Morgan fingerprint density at radius 1 is 1.20 bits per heavy atom. The van der Waals surface area contributed by atoms with Crippen LogP contribution in [0.15, 0.2) is 36.9 Å². The maximum atomic E-state index is 14.4. The van der Waals surface area contributed by atoms with E-state index in [1.54, 1.807) is 35.1 Å². The third-order valence-electron chi connectivity index (χ3n) is 8.93. The summed E-state index contributed by atoms with van der Waals surface area (Å²) in [7, 11) is 3.54. The summed E-state index contributed by atoms with van der Waals surface area (Å²) in [5, 5.41) is 7.92. The van der Waals surface area contributed by atoms with Crippen molar-refractivity contribution in [1.29, 1.82) is 0 Å². The molecule has 2 saturated carbocycles. The molecule has 2 atom stereocenters. The van der Waals surface area contributed by atoms with E-state index in [-0.39, 0.29) is 41.8 Å². The molecule has 212 valence electrons. The highest BCUT2D eigenvalue weighted by atomic mass is 19.4. The third-order valence-corrected chi connectivity index (χ3v) is 8.93. The standard InChI is InChI=1S/C30H35F3N5O2/c1-18-10-21(20-6-7-26(20)40-4)27(38-17-36(3)16-35-38)25(11-18)37-15-23-22(28(37)39)12-19(13-24(23)30(31,32)33)14-34-29(2)8-5-9-29/h10-13,16-17,20,26,34H,5-9,14-15H2,1-4H3/q+1/t20?,26-/m1/s1. The van der Waals surface area contributed by atoms with Gasteiger partial charge >= 0.3 is 6.18 Å². The van der Waals surface area contributed by atoms with Gasteiger partial charge in [-0.2, -0.15) is 13.2 Å². The number of carbonyl (C=O) groups excluding carboxylic acids is 1. The van der Waals surface area contributed by atoms with Crippen LogP contribution in [-0.4, -0.2) is 34.3 Å². The highest BCUT2D eigenvalue weighted by Crippen LogP contribution is 2.45. The SMILES string of the molecule is CO[C@@H]1CCC1c1cc(C)cc(N2Cc3c(cc(CNC4(C)CCC4)cc3C(F)(F)F)C2=O)c1-[n+]1cn(C)cn1. The van der Waals surface area contributed by atoms with E-state index in [1.165, 1.54) is 11.0 Å². The van der Waals surface area contributed by atoms with Gasteiger partial charge in [-0.3, -0.25) is 9.69 Å². The number of fused-ring (bicyclic) bond motifs is 1. The predicted molar refractivity (Wildman–Crippen MR) is 143 cm³/mol. The quantitative estimate of drug-likeness (QED) is 0.413. The molecule has 3 aromatic rings. The van der Waals surface area contributed by atoms with Crippen molar-refractivity contribution in [1.82, 2.24) is 15.0 Å². The molecule has 3 aliphatic rings. The Kier molecular flexibility index (Phi) is 6.53. The van der Waals surface area contributed by atoms with Crippen LogP contribution in [0.25, 0.3) is 5.69 Å². The van der Waals surface area contributed by atoms with E-state index in [1.807, 2.05) is 20.0 Å². The van der Waals surface area contributed by atoms with Gasteiger partial charge in [0.15, 0.2) is 5.69 Å². The van der Waals surface area contributed by atoms with Crippen molar-refractivity contribution in [3.05, 3.63) is 70.3 Å². The predicted octanol–water partition coefficient (Wildman–Crippen LogP) is 5.11. The first-order valence-electron chi connectivity index (χ1n) is 13.8. The molecule has 6 rings (SSSR count). The summed E-state index contributed by atoms with van der Waals surface area (Å²) in [6, 6.07) is 6.80. The minimum atomic E-state index is -4.58. The highest BCUT2D eigenvalue weighted by Gasteiger charge is 2.43. The number of benzene rings is 2. The molecule has 7 nitrogen and oxygen atoms in total. The van der Waals surface area contributed by atoms with Gasteiger partial charge in [0.1, 0.15) is 0 Å². The third kappa shape index (κ3) is 4.60. The van der Waals surface area contributed by atoms with E-state index < -0.39 is 17.6 Å². The molecule has 10 heteroatoms. The molecule has 2 aromatic carbocycles. The van der Waals surface area contributed by atoms with E-state index in [0.717, 1.165) is 43.2 Å². The number of alkyl halides is 3. The summed E-state index contributed by atoms with van der Waals surface area (Å²) < 4.78 is 52.3. The van der Waals surface area contributed by atoms with Crippen molar-refractivity contribution in [2.45, 2.75) is 82.8 Å². The Hall–Kier alpha value is -3.24. The molecule has 2 fully saturated rings. The summed E-state index contributed by atoms with van der Waals surface area (Å²) >= 11 is 0. The number of methoxy groups -OCH3 is 1. The zero-order valence-electron chi connectivity index (χ0n) is 23.3. The fraction of sp³-hybridized carbons (Fsp3) is 0.500. The Bertz CT molecular complexity index is 1470. The van der Waals surface area contributed by atoms with E-state index in [2.05, 4.69) is 23.4 Å². The van der Waals surface area contributed by atoms with E-state index >= 15 is 0 Å². The second-order valence-corrected chi connectivity index (χ2v) is 11.9. The number of hydrogen-bond donors (Lipinski definition) is 1. The summed E-state index contributed by atoms with van der Waals surface area (Å²) in [4.78, 5) is 15.4. The average molecular weight is 555 g/mol. The van der Waals surface area contributed by atoms with Crippen molar-refractivity contribution in [3.8, 4) is 5.69 Å². The summed E-state index contributed by atoms with van der Waals surface area (Å²) in [5.41, 5.74) is 2.95. The van der Waals surface area contributed by atoms with Gasteiger partial charge < -0.3 is 10.1 Å². The van der Waals surface area contributed by atoms with Crippen LogP contribution in [0.1, 0.15) is 83.1 Å². The number of anilines is 1. The summed E-state index contributed by atoms with van der Waals surface area (Å²) in [5.74, 6) is -0.326. The molecule has 0 spiro atoms. The number of hydrogen-bond acceptors (Lipinski definition) is 4. The molecule has 0 radical (unpaired) electrons. The van der Waals surface area contributed by atoms with Gasteiger partial charge in [0.2, 0.25) is 6.33 Å². The highest BCUT2D eigenvalue weighted by molar-refractivity contribution is 6.11. The fourth-order valence-corrected chi connectivity index (χ4v) is 6.33. The van der Waals surface area contributed by atoms with Gasteiger partial charge in [0, 0.05) is 36.2 Å². The second-order valence-electron chi connectivity index (χ2n) is 11.9. The molecule has 40 heavy (non-hydrogen) atoms. The lowest BCUT2D eigenvalue weighted by molar-refractivity contribution is -0.657. The molecule has 1 unspecified atom stereocenters. The maximum absolute atomic E-state index is 14.4. The van der Waals surface area contributed by atoms with Gasteiger partial charge in [-0.1, -0.05) is 10.7 Å². The molecule has 1 aromatic heterocycles. The first-order valence-corrected chi connectivity index (χ1v) is 13.8. The summed E-state index contributed by atoms with van der Waals surface area (Å²) in [6.07, 6.45) is 3.86. The van der Waals surface area contributed by atoms with Crippen LogP contribution in [-0.2, 0) is 31.1 Å². The maximum Gasteiger partial charge on any atom is 0.416 e. The second kappa shape index (κ2) is 9.69. The Labute approximate surface area is 231 Å². The molecule has 0 bridgehead atoms. The summed E-state index contributed by atoms with van der Waals surface area (Å²) in [6.45, 7) is 4.16. The first-order chi connectivity index (χ1) is 19.0. The van der Waals surface area contributed by atoms with Crippen molar-refractivity contribution in [3.63, 3.8) is 0 Å². The van der Waals surface area contributed by atoms with Gasteiger partial charge in [-0.05, 0) is 85.9 Å². The molecular formula is C30H35F3N5O2+. The van der Waals surface area contributed by atoms with Gasteiger partial charge in [0.25, 0.3) is 12.2 Å². The van der Waals surface area contributed by atoms with Crippen LogP contribution in [0.2, 0.25) is 0 Å². The topological polar surface area (TPSA) is 63.3 Å². The van der Waals surface area contributed by atoms with Gasteiger partial charge in [-0.15, -0.1) is 0 Å². The Morgan fingerprint density at radius 2 is 1.98 bits per heavy atom. The molecule has 1 aliphatic heterocycles. The number of nitrogens with one attached hydrogen (secondary N) is 1. The lowest BCUT2D eigenvalue weighted by Crippen LogP contribution is -2.47. The van der Waals surface area contributed by atoms with Gasteiger partial charge in [0.05, 0.1) is 30.9 Å². The van der Waals surface area contributed by atoms with Crippen LogP contribution in [0, 0.1) is 6.92 Å². The van der Waals surface area contributed by atoms with Crippen molar-refractivity contribution in [2.75, 3.05) is 12.0 Å². The number of aryl methyl sites for hydroxylation is 2. The number of aromatic nitrogens is 3. The number of carbonyl (C=O) groups is 1. The molecular weight excluding hydrogens is 519 g/mol. The zero-order chi connectivity index (χ0) is 28.4. The molecule has 2 aliphatic carbocycles. The van der Waals surface area contributed by atoms with Crippen LogP contribution in [0.3, 0.4) is 0 Å². The van der Waals surface area contributed by atoms with E-state index in [4.69, 9.17) is 4.74 Å². The number of nitrogens with zero attached hydrogens (tertiary/aromatic N) is 4. The molecule has 2 heterocycles. The minimum absolute atomic E-state index is 0.0227. The molecule has 1 amide bonds. The normalized spacial score (nSPS) is 21.8.